The summed E-state index contributed by atoms with van der Waals surface area (Å²) < 4.78 is 15.9. The zero-order chi connectivity index (χ0) is 29.3. The SMILES string of the molecule is CCC(Cc1ccccc1)(C(=O)c1ccc(N2CCOCC2)cc1)N(C)C.Cc1cc(C)c(C(=O)P=O)c(C)c1. The molecule has 1 saturated heterocycles. The molecule has 0 amide bonds. The molecule has 0 radical (unpaired) electrons. The second-order valence-corrected chi connectivity index (χ2v) is 11.2. The number of carbonyl (C=O) groups excluding carboxylic acids is 2. The van der Waals surface area contributed by atoms with E-state index in [4.69, 9.17) is 4.74 Å². The van der Waals surface area contributed by atoms with Crippen LogP contribution in [0.15, 0.2) is 66.7 Å². The highest BCUT2D eigenvalue weighted by Crippen LogP contribution is 2.29. The van der Waals surface area contributed by atoms with E-state index >= 15 is 0 Å². The monoisotopic (exact) mass is 560 g/mol. The van der Waals surface area contributed by atoms with Crippen molar-refractivity contribution in [1.29, 1.82) is 0 Å². The standard InChI is InChI=1S/C23H30N2O2.C10H11O2P/c1-4-23(24(2)3,18-19-8-6-5-7-9-19)22(26)20-10-12-21(13-11-20)25-14-16-27-17-15-25;1-6-4-7(2)9(8(3)5-6)10(11)13-12/h5-13H,4,14-18H2,1-3H3;4-5H,1-3H3. The van der Waals surface area contributed by atoms with Gasteiger partial charge in [0.15, 0.2) is 5.78 Å². The molecular formula is C33H41N2O4P. The Kier molecular flexibility index (Phi) is 11.3. The molecule has 1 unspecified atom stereocenters. The fraction of sp³-hybridized carbons (Fsp3) is 0.394. The van der Waals surface area contributed by atoms with Crippen molar-refractivity contribution >= 4 is 25.5 Å². The molecule has 0 aromatic heterocycles. The van der Waals surface area contributed by atoms with Crippen LogP contribution in [-0.2, 0) is 15.7 Å². The molecule has 0 bridgehead atoms. The van der Waals surface area contributed by atoms with Crippen molar-refractivity contribution in [2.24, 2.45) is 0 Å². The highest BCUT2D eigenvalue weighted by atomic mass is 31.1. The molecule has 3 aromatic rings. The average molecular weight is 561 g/mol. The van der Waals surface area contributed by atoms with Gasteiger partial charge in [0, 0.05) is 29.9 Å². The lowest BCUT2D eigenvalue weighted by Crippen LogP contribution is -2.52. The van der Waals surface area contributed by atoms with Crippen LogP contribution in [0.5, 0.6) is 0 Å². The fourth-order valence-electron chi connectivity index (χ4n) is 5.45. The molecule has 0 saturated carbocycles. The number of morpholine rings is 1. The van der Waals surface area contributed by atoms with E-state index in [-0.39, 0.29) is 11.3 Å². The van der Waals surface area contributed by atoms with Crippen LogP contribution in [-0.4, -0.2) is 62.1 Å². The van der Waals surface area contributed by atoms with Gasteiger partial charge in [-0.3, -0.25) is 19.1 Å². The number of hydrogen-bond donors (Lipinski definition) is 0. The van der Waals surface area contributed by atoms with Crippen LogP contribution in [0.25, 0.3) is 0 Å². The number of likely N-dealkylation sites (N-methyl/N-ethyl adjacent to an activating group) is 1. The number of anilines is 1. The van der Waals surface area contributed by atoms with Crippen LogP contribution >= 0.6 is 8.46 Å². The Morgan fingerprint density at radius 1 is 0.925 bits per heavy atom. The van der Waals surface area contributed by atoms with Crippen LogP contribution in [0.4, 0.5) is 5.69 Å². The number of carbonyl (C=O) groups is 2. The number of nitrogens with zero attached hydrogens (tertiary/aromatic N) is 2. The molecule has 3 aromatic carbocycles. The summed E-state index contributed by atoms with van der Waals surface area (Å²) in [5.74, 6) is 0.187. The minimum Gasteiger partial charge on any atom is -0.378 e. The Morgan fingerprint density at radius 2 is 1.50 bits per heavy atom. The first kappa shape index (κ1) is 31.3. The van der Waals surface area contributed by atoms with Gasteiger partial charge in [0.25, 0.3) is 5.52 Å². The molecule has 1 aliphatic rings. The van der Waals surface area contributed by atoms with E-state index in [1.165, 1.54) is 5.56 Å². The molecule has 212 valence electrons. The molecule has 0 spiro atoms. The highest BCUT2D eigenvalue weighted by molar-refractivity contribution is 7.47. The first-order valence-electron chi connectivity index (χ1n) is 13.8. The Labute approximate surface area is 240 Å². The van der Waals surface area contributed by atoms with E-state index in [0.29, 0.717) is 12.0 Å². The van der Waals surface area contributed by atoms with Crippen molar-refractivity contribution in [1.82, 2.24) is 4.90 Å². The molecule has 0 N–H and O–H groups in total. The predicted molar refractivity (Wildman–Crippen MR) is 163 cm³/mol. The molecule has 7 heteroatoms. The van der Waals surface area contributed by atoms with E-state index in [0.717, 1.165) is 60.7 Å². The Hall–Kier alpha value is -3.18. The normalized spacial score (nSPS) is 14.8. The van der Waals surface area contributed by atoms with E-state index in [9.17, 15) is 14.2 Å². The largest absolute Gasteiger partial charge is 0.378 e. The Bertz CT molecular complexity index is 1280. The third-order valence-corrected chi connectivity index (χ3v) is 8.07. The van der Waals surface area contributed by atoms with Gasteiger partial charge in [-0.05, 0) is 88.7 Å². The maximum absolute atomic E-state index is 13.6. The number of Topliss-reactive ketones (excluding diaryl/α,β-unsaturated/α-hetero) is 1. The van der Waals surface area contributed by atoms with Crippen molar-refractivity contribution in [2.45, 2.75) is 46.1 Å². The summed E-state index contributed by atoms with van der Waals surface area (Å²) in [6, 6.07) is 22.2. The summed E-state index contributed by atoms with van der Waals surface area (Å²) in [6.07, 6.45) is 1.47. The minimum absolute atomic E-state index is 0.187. The molecule has 40 heavy (non-hydrogen) atoms. The molecule has 1 heterocycles. The van der Waals surface area contributed by atoms with Crippen LogP contribution in [0.3, 0.4) is 0 Å². The van der Waals surface area contributed by atoms with Gasteiger partial charge in [-0.1, -0.05) is 55.0 Å². The van der Waals surface area contributed by atoms with Crippen molar-refractivity contribution in [3.05, 3.63) is 100 Å². The third-order valence-electron chi connectivity index (χ3n) is 7.68. The fourth-order valence-corrected chi connectivity index (χ4v) is 5.90. The van der Waals surface area contributed by atoms with Crippen molar-refractivity contribution in [3.8, 4) is 0 Å². The van der Waals surface area contributed by atoms with Gasteiger partial charge in [0.1, 0.15) is 0 Å². The van der Waals surface area contributed by atoms with E-state index in [1.54, 1.807) is 0 Å². The topological polar surface area (TPSA) is 66.9 Å². The smallest absolute Gasteiger partial charge is 0.253 e. The summed E-state index contributed by atoms with van der Waals surface area (Å²) >= 11 is 0. The number of benzene rings is 3. The van der Waals surface area contributed by atoms with Crippen LogP contribution in [0.1, 0.15) is 56.3 Å². The number of ether oxygens (including phenoxy) is 1. The van der Waals surface area contributed by atoms with Gasteiger partial charge in [-0.25, -0.2) is 0 Å². The first-order chi connectivity index (χ1) is 19.1. The van der Waals surface area contributed by atoms with Crippen LogP contribution in [0, 0.1) is 20.8 Å². The quantitative estimate of drug-likeness (QED) is 0.214. The maximum Gasteiger partial charge on any atom is 0.253 e. The summed E-state index contributed by atoms with van der Waals surface area (Å²) in [5.41, 5.74) is 5.74. The molecule has 0 aliphatic carbocycles. The molecule has 6 nitrogen and oxygen atoms in total. The van der Waals surface area contributed by atoms with E-state index < -0.39 is 14.0 Å². The van der Waals surface area contributed by atoms with Gasteiger partial charge in [-0.15, -0.1) is 0 Å². The first-order valence-corrected chi connectivity index (χ1v) is 14.6. The van der Waals surface area contributed by atoms with Gasteiger partial charge < -0.3 is 9.64 Å². The average Bonchev–Trinajstić information content (AvgIpc) is 2.96. The predicted octanol–water partition coefficient (Wildman–Crippen LogP) is 6.70. The minimum atomic E-state index is -0.540. The lowest BCUT2D eigenvalue weighted by molar-refractivity contribution is 0.0666. The van der Waals surface area contributed by atoms with Gasteiger partial charge in [0.05, 0.1) is 18.8 Å². The highest BCUT2D eigenvalue weighted by Gasteiger charge is 2.39. The lowest BCUT2D eigenvalue weighted by Gasteiger charge is -2.38. The Morgan fingerprint density at radius 3 is 2.00 bits per heavy atom. The number of rotatable bonds is 9. The summed E-state index contributed by atoms with van der Waals surface area (Å²) in [7, 11) is 3.58. The molecular weight excluding hydrogens is 519 g/mol. The molecule has 1 fully saturated rings. The van der Waals surface area contributed by atoms with Crippen molar-refractivity contribution < 1.29 is 18.9 Å². The van der Waals surface area contributed by atoms with E-state index in [1.807, 2.05) is 77.3 Å². The molecule has 1 atom stereocenters. The zero-order valence-corrected chi connectivity index (χ0v) is 25.5. The van der Waals surface area contributed by atoms with Gasteiger partial charge >= 0.3 is 0 Å². The van der Waals surface area contributed by atoms with Gasteiger partial charge in [0.2, 0.25) is 8.46 Å². The van der Waals surface area contributed by atoms with E-state index in [2.05, 4.69) is 41.0 Å². The Balaban J connectivity index is 0.000000285. The van der Waals surface area contributed by atoms with Crippen molar-refractivity contribution in [3.63, 3.8) is 0 Å². The third kappa shape index (κ3) is 7.51. The number of hydrogen-bond acceptors (Lipinski definition) is 6. The second-order valence-electron chi connectivity index (χ2n) is 10.6. The zero-order valence-electron chi connectivity index (χ0n) is 24.6. The second kappa shape index (κ2) is 14.5. The number of aryl methyl sites for hydroxylation is 3. The molecule has 1 aliphatic heterocycles. The molecule has 4 rings (SSSR count). The maximum atomic E-state index is 13.6. The van der Waals surface area contributed by atoms with Crippen molar-refractivity contribution in [2.75, 3.05) is 45.3 Å². The summed E-state index contributed by atoms with van der Waals surface area (Å²) in [5, 5.41) is 0. The number of ketones is 1. The van der Waals surface area contributed by atoms with Crippen LogP contribution < -0.4 is 4.90 Å². The summed E-state index contributed by atoms with van der Waals surface area (Å²) in [4.78, 5) is 29.2. The lowest BCUT2D eigenvalue weighted by atomic mass is 9.80. The van der Waals surface area contributed by atoms with Gasteiger partial charge in [-0.2, -0.15) is 0 Å². The van der Waals surface area contributed by atoms with Crippen LogP contribution in [0.2, 0.25) is 0 Å². The summed E-state index contributed by atoms with van der Waals surface area (Å²) in [6.45, 7) is 11.1.